The molecule has 8 heteroatoms. The van der Waals surface area contributed by atoms with E-state index in [0.717, 1.165) is 5.56 Å². The molecule has 0 aromatic heterocycles. The van der Waals surface area contributed by atoms with Crippen molar-refractivity contribution in [2.75, 3.05) is 26.6 Å². The molecule has 0 aliphatic rings. The second-order valence-corrected chi connectivity index (χ2v) is 6.29. The zero-order valence-corrected chi connectivity index (χ0v) is 17.2. The standard InChI is InChI=1S/C21H25N3O5/c1-13-6-8-17(27-3)16(10-13)22-20(25)11-14(2)23-24-21(26)15-7-9-18(28-4)19(12-15)29-5/h6-10,12H,11H2,1-5H3,(H,22,25)(H,24,26). The van der Waals surface area contributed by atoms with Gasteiger partial charge in [0, 0.05) is 11.3 Å². The second-order valence-electron chi connectivity index (χ2n) is 6.29. The Balaban J connectivity index is 1.98. The van der Waals surface area contributed by atoms with Gasteiger partial charge in [-0.25, -0.2) is 5.43 Å². The van der Waals surface area contributed by atoms with E-state index in [2.05, 4.69) is 15.8 Å². The van der Waals surface area contributed by atoms with Gasteiger partial charge >= 0.3 is 0 Å². The summed E-state index contributed by atoms with van der Waals surface area (Å²) < 4.78 is 15.6. The molecule has 0 spiro atoms. The van der Waals surface area contributed by atoms with Gasteiger partial charge in [0.05, 0.1) is 33.4 Å². The molecule has 2 N–H and O–H groups in total. The van der Waals surface area contributed by atoms with Crippen LogP contribution in [0, 0.1) is 6.92 Å². The lowest BCUT2D eigenvalue weighted by Crippen LogP contribution is -2.21. The van der Waals surface area contributed by atoms with Gasteiger partial charge in [0.15, 0.2) is 11.5 Å². The van der Waals surface area contributed by atoms with Crippen LogP contribution in [0.15, 0.2) is 41.5 Å². The minimum Gasteiger partial charge on any atom is -0.495 e. The Labute approximate surface area is 169 Å². The number of carbonyl (C=O) groups is 2. The Kier molecular flexibility index (Phi) is 7.59. The maximum Gasteiger partial charge on any atom is 0.271 e. The minimum atomic E-state index is -0.425. The van der Waals surface area contributed by atoms with Gasteiger partial charge in [0.25, 0.3) is 5.91 Å². The predicted molar refractivity (Wildman–Crippen MR) is 111 cm³/mol. The zero-order chi connectivity index (χ0) is 21.4. The average molecular weight is 399 g/mol. The van der Waals surface area contributed by atoms with Gasteiger partial charge in [-0.1, -0.05) is 6.07 Å². The molecule has 2 aromatic carbocycles. The predicted octanol–water partition coefficient (Wildman–Crippen LogP) is 3.16. The van der Waals surface area contributed by atoms with Crippen LogP contribution in [0.4, 0.5) is 5.69 Å². The fourth-order valence-corrected chi connectivity index (χ4v) is 2.57. The van der Waals surface area contributed by atoms with Gasteiger partial charge in [-0.3, -0.25) is 9.59 Å². The van der Waals surface area contributed by atoms with Gasteiger partial charge in [-0.15, -0.1) is 0 Å². The Hall–Kier alpha value is -3.55. The maximum absolute atomic E-state index is 12.3. The largest absolute Gasteiger partial charge is 0.495 e. The Morgan fingerprint density at radius 1 is 0.931 bits per heavy atom. The molecule has 0 unspecified atom stereocenters. The number of rotatable bonds is 8. The number of carbonyl (C=O) groups excluding carboxylic acids is 2. The second kappa shape index (κ2) is 10.1. The van der Waals surface area contributed by atoms with Crippen LogP contribution in [-0.4, -0.2) is 38.9 Å². The highest BCUT2D eigenvalue weighted by atomic mass is 16.5. The van der Waals surface area contributed by atoms with Crippen molar-refractivity contribution in [3.05, 3.63) is 47.5 Å². The molecule has 2 aromatic rings. The van der Waals surface area contributed by atoms with E-state index in [0.29, 0.717) is 34.2 Å². The monoisotopic (exact) mass is 399 g/mol. The summed E-state index contributed by atoms with van der Waals surface area (Å²) in [6.07, 6.45) is 0.0172. The summed E-state index contributed by atoms with van der Waals surface area (Å²) in [6.45, 7) is 3.58. The molecule has 0 aliphatic carbocycles. The Morgan fingerprint density at radius 2 is 1.59 bits per heavy atom. The van der Waals surface area contributed by atoms with E-state index in [1.54, 1.807) is 31.2 Å². The normalized spacial score (nSPS) is 10.9. The molecule has 0 fully saturated rings. The summed E-state index contributed by atoms with van der Waals surface area (Å²) >= 11 is 0. The molecule has 0 aliphatic heterocycles. The molecule has 2 amide bonds. The Morgan fingerprint density at radius 3 is 2.24 bits per heavy atom. The smallest absolute Gasteiger partial charge is 0.271 e. The first kappa shape index (κ1) is 21.7. The molecule has 2 rings (SSSR count). The van der Waals surface area contributed by atoms with E-state index < -0.39 is 5.91 Å². The molecule has 154 valence electrons. The van der Waals surface area contributed by atoms with E-state index in [9.17, 15) is 9.59 Å². The van der Waals surface area contributed by atoms with Crippen LogP contribution in [0.1, 0.15) is 29.3 Å². The number of methoxy groups -OCH3 is 3. The molecular formula is C21H25N3O5. The quantitative estimate of drug-likeness (QED) is 0.525. The average Bonchev–Trinajstić information content (AvgIpc) is 2.71. The van der Waals surface area contributed by atoms with Gasteiger partial charge < -0.3 is 19.5 Å². The fourth-order valence-electron chi connectivity index (χ4n) is 2.57. The van der Waals surface area contributed by atoms with E-state index in [4.69, 9.17) is 14.2 Å². The van der Waals surface area contributed by atoms with Crippen molar-refractivity contribution in [3.8, 4) is 17.2 Å². The van der Waals surface area contributed by atoms with Crippen LogP contribution >= 0.6 is 0 Å². The van der Waals surface area contributed by atoms with Crippen molar-refractivity contribution in [3.63, 3.8) is 0 Å². The van der Waals surface area contributed by atoms with Crippen molar-refractivity contribution >= 4 is 23.2 Å². The van der Waals surface area contributed by atoms with E-state index in [-0.39, 0.29) is 12.3 Å². The summed E-state index contributed by atoms with van der Waals surface area (Å²) in [6, 6.07) is 10.3. The van der Waals surface area contributed by atoms with Crippen LogP contribution in [0.25, 0.3) is 0 Å². The molecule has 0 atom stereocenters. The maximum atomic E-state index is 12.3. The zero-order valence-electron chi connectivity index (χ0n) is 17.2. The van der Waals surface area contributed by atoms with Crippen LogP contribution in [0.2, 0.25) is 0 Å². The first-order chi connectivity index (χ1) is 13.9. The third-order valence-corrected chi connectivity index (χ3v) is 4.04. The summed E-state index contributed by atoms with van der Waals surface area (Å²) in [5.74, 6) is 0.834. The first-order valence-corrected chi connectivity index (χ1v) is 8.88. The molecular weight excluding hydrogens is 374 g/mol. The molecule has 0 saturated heterocycles. The van der Waals surface area contributed by atoms with E-state index >= 15 is 0 Å². The first-order valence-electron chi connectivity index (χ1n) is 8.88. The lowest BCUT2D eigenvalue weighted by Gasteiger charge is -2.11. The number of nitrogens with one attached hydrogen (secondary N) is 2. The van der Waals surface area contributed by atoms with Crippen LogP contribution in [-0.2, 0) is 4.79 Å². The van der Waals surface area contributed by atoms with Crippen LogP contribution in [0.5, 0.6) is 17.2 Å². The van der Waals surface area contributed by atoms with E-state index in [1.165, 1.54) is 21.3 Å². The van der Waals surface area contributed by atoms with Crippen molar-refractivity contribution < 1.29 is 23.8 Å². The number of amides is 2. The SMILES string of the molecule is COc1ccc(C)cc1NC(=O)CC(C)=NNC(=O)c1ccc(OC)c(OC)c1. The number of hydrogen-bond donors (Lipinski definition) is 2. The van der Waals surface area contributed by atoms with Crippen molar-refractivity contribution in [1.82, 2.24) is 5.43 Å². The summed E-state index contributed by atoms with van der Waals surface area (Å²) in [5.41, 5.74) is 4.82. The van der Waals surface area contributed by atoms with Crippen molar-refractivity contribution in [2.45, 2.75) is 20.3 Å². The highest BCUT2D eigenvalue weighted by Gasteiger charge is 2.12. The highest BCUT2D eigenvalue weighted by molar-refractivity contribution is 6.06. The van der Waals surface area contributed by atoms with Gasteiger partial charge in [0.2, 0.25) is 5.91 Å². The Bertz CT molecular complexity index is 925. The molecule has 0 radical (unpaired) electrons. The third-order valence-electron chi connectivity index (χ3n) is 4.04. The molecule has 8 nitrogen and oxygen atoms in total. The molecule has 0 heterocycles. The summed E-state index contributed by atoms with van der Waals surface area (Å²) in [5, 5.41) is 6.79. The van der Waals surface area contributed by atoms with E-state index in [1.807, 2.05) is 19.1 Å². The topological polar surface area (TPSA) is 98.2 Å². The highest BCUT2D eigenvalue weighted by Crippen LogP contribution is 2.27. The van der Waals surface area contributed by atoms with Crippen LogP contribution < -0.4 is 25.0 Å². The fraction of sp³-hybridized carbons (Fsp3) is 0.286. The van der Waals surface area contributed by atoms with Crippen molar-refractivity contribution in [2.24, 2.45) is 5.10 Å². The molecule has 0 bridgehead atoms. The van der Waals surface area contributed by atoms with Gasteiger partial charge in [-0.2, -0.15) is 5.10 Å². The number of ether oxygens (including phenoxy) is 3. The summed E-state index contributed by atoms with van der Waals surface area (Å²) in [7, 11) is 4.54. The minimum absolute atomic E-state index is 0.0172. The van der Waals surface area contributed by atoms with Gasteiger partial charge in [-0.05, 0) is 49.7 Å². The van der Waals surface area contributed by atoms with Gasteiger partial charge in [0.1, 0.15) is 5.75 Å². The lowest BCUT2D eigenvalue weighted by atomic mass is 10.2. The number of nitrogens with zero attached hydrogens (tertiary/aromatic N) is 1. The molecule has 29 heavy (non-hydrogen) atoms. The molecule has 0 saturated carbocycles. The number of hydrogen-bond acceptors (Lipinski definition) is 6. The van der Waals surface area contributed by atoms with Crippen molar-refractivity contribution in [1.29, 1.82) is 0 Å². The lowest BCUT2D eigenvalue weighted by molar-refractivity contribution is -0.115. The number of benzene rings is 2. The number of aryl methyl sites for hydroxylation is 1. The number of anilines is 1. The van der Waals surface area contributed by atoms with Crippen LogP contribution in [0.3, 0.4) is 0 Å². The summed E-state index contributed by atoms with van der Waals surface area (Å²) in [4.78, 5) is 24.6. The number of hydrazone groups is 1. The third kappa shape index (κ3) is 5.97.